The summed E-state index contributed by atoms with van der Waals surface area (Å²) in [5, 5.41) is 0. The van der Waals surface area contributed by atoms with Gasteiger partial charge in [-0.05, 0) is 37.2 Å². The van der Waals surface area contributed by atoms with Gasteiger partial charge in [0.15, 0.2) is 0 Å². The zero-order chi connectivity index (χ0) is 18.4. The van der Waals surface area contributed by atoms with Crippen LogP contribution in [0.25, 0.3) is 0 Å². The lowest BCUT2D eigenvalue weighted by molar-refractivity contribution is 0.196. The van der Waals surface area contributed by atoms with E-state index in [9.17, 15) is 0 Å². The molecule has 2 aliphatic rings. The van der Waals surface area contributed by atoms with Gasteiger partial charge in [-0.3, -0.25) is 0 Å². The van der Waals surface area contributed by atoms with Crippen LogP contribution < -0.4 is 0 Å². The molecule has 3 rings (SSSR count). The average Bonchev–Trinajstić information content (AvgIpc) is 2.69. The summed E-state index contributed by atoms with van der Waals surface area (Å²) in [6, 6.07) is 10.8. The van der Waals surface area contributed by atoms with Gasteiger partial charge >= 0.3 is 0 Å². The van der Waals surface area contributed by atoms with Gasteiger partial charge in [-0.15, -0.1) is 0 Å². The first-order valence-electron chi connectivity index (χ1n) is 10.8. The van der Waals surface area contributed by atoms with E-state index >= 15 is 0 Å². The van der Waals surface area contributed by atoms with Gasteiger partial charge in [-0.2, -0.15) is 0 Å². The van der Waals surface area contributed by atoms with Crippen LogP contribution in [0, 0.1) is 17.3 Å². The number of unbranched alkanes of at least 4 members (excludes halogenated alkanes) is 2. The van der Waals surface area contributed by atoms with Crippen molar-refractivity contribution in [2.75, 3.05) is 0 Å². The molecule has 0 atom stereocenters. The summed E-state index contributed by atoms with van der Waals surface area (Å²) in [7, 11) is 0. The number of rotatable bonds is 7. The molecule has 0 aromatic heterocycles. The number of benzene rings is 1. The third-order valence-electron chi connectivity index (χ3n) is 6.82. The van der Waals surface area contributed by atoms with Gasteiger partial charge in [-0.25, -0.2) is 0 Å². The van der Waals surface area contributed by atoms with E-state index in [1.807, 2.05) is 0 Å². The van der Waals surface area contributed by atoms with E-state index in [4.69, 9.17) is 0 Å². The fraction of sp³-hybridized carbons (Fsp3) is 0.538. The Balaban J connectivity index is 1.65. The van der Waals surface area contributed by atoms with Gasteiger partial charge in [0.1, 0.15) is 0 Å². The minimum atomic E-state index is 0.0830. The van der Waals surface area contributed by atoms with E-state index in [1.165, 1.54) is 62.5 Å². The molecule has 1 fully saturated rings. The third kappa shape index (κ3) is 4.22. The highest BCUT2D eigenvalue weighted by atomic mass is 14.4. The summed E-state index contributed by atoms with van der Waals surface area (Å²) in [5.41, 5.74) is 2.78. The molecule has 0 unspecified atom stereocenters. The Morgan fingerprint density at radius 3 is 2.23 bits per heavy atom. The van der Waals surface area contributed by atoms with Crippen molar-refractivity contribution in [3.8, 4) is 0 Å². The predicted molar refractivity (Wildman–Crippen MR) is 114 cm³/mol. The first-order valence-corrected chi connectivity index (χ1v) is 10.8. The van der Waals surface area contributed by atoms with E-state index in [0.717, 1.165) is 11.8 Å². The molecule has 0 amide bonds. The molecule has 2 aliphatic carbocycles. The van der Waals surface area contributed by atoms with Crippen LogP contribution >= 0.6 is 0 Å². The second-order valence-electron chi connectivity index (χ2n) is 8.58. The monoisotopic (exact) mass is 348 g/mol. The summed E-state index contributed by atoms with van der Waals surface area (Å²) in [6.07, 6.45) is 20.9. The molecule has 1 saturated carbocycles. The molecule has 0 N–H and O–H groups in total. The molecule has 0 nitrogen and oxygen atoms in total. The fourth-order valence-electron chi connectivity index (χ4n) is 5.06. The van der Waals surface area contributed by atoms with Gasteiger partial charge in [-0.1, -0.05) is 112 Å². The van der Waals surface area contributed by atoms with Crippen molar-refractivity contribution in [3.05, 3.63) is 72.4 Å². The van der Waals surface area contributed by atoms with E-state index in [2.05, 4.69) is 75.1 Å². The lowest BCUT2D eigenvalue weighted by Gasteiger charge is -2.43. The maximum atomic E-state index is 4.40. The van der Waals surface area contributed by atoms with Gasteiger partial charge in [0, 0.05) is 11.3 Å². The molecule has 26 heavy (non-hydrogen) atoms. The van der Waals surface area contributed by atoms with Crippen molar-refractivity contribution < 1.29 is 0 Å². The molecule has 0 saturated heterocycles. The normalized spacial score (nSPS) is 31.1. The van der Waals surface area contributed by atoms with Crippen LogP contribution in [-0.2, 0) is 0 Å². The lowest BCUT2D eigenvalue weighted by Crippen LogP contribution is -2.32. The quantitative estimate of drug-likeness (QED) is 0.347. The zero-order valence-corrected chi connectivity index (χ0v) is 16.8. The fourth-order valence-corrected chi connectivity index (χ4v) is 5.06. The van der Waals surface area contributed by atoms with Gasteiger partial charge < -0.3 is 0 Å². The highest BCUT2D eigenvalue weighted by Crippen LogP contribution is 2.49. The Labute approximate surface area is 161 Å². The topological polar surface area (TPSA) is 0 Å². The Morgan fingerprint density at radius 2 is 1.65 bits per heavy atom. The molecule has 140 valence electrons. The molecule has 0 radical (unpaired) electrons. The van der Waals surface area contributed by atoms with Gasteiger partial charge in [0.2, 0.25) is 0 Å². The van der Waals surface area contributed by atoms with Crippen molar-refractivity contribution in [2.24, 2.45) is 17.3 Å². The largest absolute Gasteiger partial charge is 0.0989 e. The highest BCUT2D eigenvalue weighted by Gasteiger charge is 2.38. The Kier molecular flexibility index (Phi) is 6.57. The minimum Gasteiger partial charge on any atom is -0.0989 e. The molecule has 0 aliphatic heterocycles. The summed E-state index contributed by atoms with van der Waals surface area (Å²) >= 11 is 0. The second kappa shape index (κ2) is 8.89. The SMILES string of the molecule is C=C(C)C1(C2CCC(CCCCC)CC2)C=CC(c2ccccc2)C=C1. The number of allylic oxidation sites excluding steroid dienone is 5. The Morgan fingerprint density at radius 1 is 1.00 bits per heavy atom. The van der Waals surface area contributed by atoms with Crippen LogP contribution in [0.2, 0.25) is 0 Å². The van der Waals surface area contributed by atoms with Crippen LogP contribution in [0.15, 0.2) is 66.8 Å². The minimum absolute atomic E-state index is 0.0830. The lowest BCUT2D eigenvalue weighted by atomic mass is 9.61. The van der Waals surface area contributed by atoms with Crippen molar-refractivity contribution in [3.63, 3.8) is 0 Å². The van der Waals surface area contributed by atoms with Crippen molar-refractivity contribution >= 4 is 0 Å². The van der Waals surface area contributed by atoms with Crippen molar-refractivity contribution in [1.29, 1.82) is 0 Å². The second-order valence-corrected chi connectivity index (χ2v) is 8.58. The highest BCUT2D eigenvalue weighted by molar-refractivity contribution is 5.39. The summed E-state index contributed by atoms with van der Waals surface area (Å²) in [5.74, 6) is 2.11. The third-order valence-corrected chi connectivity index (χ3v) is 6.82. The maximum absolute atomic E-state index is 4.40. The first-order chi connectivity index (χ1) is 12.7. The van der Waals surface area contributed by atoms with E-state index in [0.29, 0.717) is 5.92 Å². The Bertz CT molecular complexity index is 611. The molecular weight excluding hydrogens is 312 g/mol. The average molecular weight is 349 g/mol. The van der Waals surface area contributed by atoms with Gasteiger partial charge in [0.05, 0.1) is 0 Å². The molecule has 1 aromatic rings. The van der Waals surface area contributed by atoms with E-state index in [-0.39, 0.29) is 5.41 Å². The van der Waals surface area contributed by atoms with Gasteiger partial charge in [0.25, 0.3) is 0 Å². The molecular formula is C26H36. The molecule has 0 spiro atoms. The summed E-state index contributed by atoms with van der Waals surface area (Å²) in [4.78, 5) is 0. The first kappa shape index (κ1) is 19.2. The molecule has 0 bridgehead atoms. The van der Waals surface area contributed by atoms with Crippen molar-refractivity contribution in [2.45, 2.75) is 71.1 Å². The zero-order valence-electron chi connectivity index (χ0n) is 16.8. The van der Waals surface area contributed by atoms with Crippen LogP contribution in [0.5, 0.6) is 0 Å². The van der Waals surface area contributed by atoms with E-state index < -0.39 is 0 Å². The van der Waals surface area contributed by atoms with Crippen molar-refractivity contribution in [1.82, 2.24) is 0 Å². The number of hydrogen-bond acceptors (Lipinski definition) is 0. The van der Waals surface area contributed by atoms with E-state index in [1.54, 1.807) is 0 Å². The molecule has 0 heterocycles. The smallest absolute Gasteiger partial charge is 0.0295 e. The van der Waals surface area contributed by atoms with Crippen LogP contribution in [0.1, 0.15) is 76.7 Å². The van der Waals surface area contributed by atoms with Crippen LogP contribution in [0.4, 0.5) is 0 Å². The number of hydrogen-bond donors (Lipinski definition) is 0. The summed E-state index contributed by atoms with van der Waals surface area (Å²) in [6.45, 7) is 8.93. The standard InChI is InChI=1S/C26H36/c1-4-5-7-10-22-13-15-25(16-14-22)26(21(2)3)19-17-24(18-20-26)23-11-8-6-9-12-23/h6,8-9,11-12,17-20,22,24-25H,2,4-5,7,10,13-16H2,1,3H3. The maximum Gasteiger partial charge on any atom is 0.0295 e. The molecule has 1 aromatic carbocycles. The Hall–Kier alpha value is -1.56. The van der Waals surface area contributed by atoms with Crippen LogP contribution in [0.3, 0.4) is 0 Å². The summed E-state index contributed by atoms with van der Waals surface area (Å²) < 4.78 is 0. The predicted octanol–water partition coefficient (Wildman–Crippen LogP) is 7.85. The van der Waals surface area contributed by atoms with Crippen LogP contribution in [-0.4, -0.2) is 0 Å². The molecule has 0 heteroatoms.